The van der Waals surface area contributed by atoms with Crippen LogP contribution in [0.15, 0.2) is 24.5 Å². The van der Waals surface area contributed by atoms with Gasteiger partial charge in [-0.3, -0.25) is 0 Å². The zero-order valence-electron chi connectivity index (χ0n) is 9.04. The molecule has 0 bridgehead atoms. The van der Waals surface area contributed by atoms with Crippen LogP contribution >= 0.6 is 0 Å². The molecule has 0 saturated heterocycles. The van der Waals surface area contributed by atoms with E-state index >= 15 is 0 Å². The molecule has 0 radical (unpaired) electrons. The first kappa shape index (κ1) is 10.1. The third-order valence-electron chi connectivity index (χ3n) is 2.81. The summed E-state index contributed by atoms with van der Waals surface area (Å²) in [6.45, 7) is 4.02. The number of aliphatic hydroxyl groups excluding tert-OH is 1. The molecule has 0 aromatic carbocycles. The van der Waals surface area contributed by atoms with Gasteiger partial charge in [-0.25, -0.2) is 0 Å². The predicted molar refractivity (Wildman–Crippen MR) is 59.7 cm³/mol. The highest BCUT2D eigenvalue weighted by Crippen LogP contribution is 2.21. The Balaban J connectivity index is 2.14. The summed E-state index contributed by atoms with van der Waals surface area (Å²) in [6.07, 6.45) is 3.96. The number of rotatable bonds is 3. The van der Waals surface area contributed by atoms with Crippen molar-refractivity contribution in [2.24, 2.45) is 0 Å². The molecule has 0 aliphatic rings. The maximum atomic E-state index is 10.0. The van der Waals surface area contributed by atoms with Crippen LogP contribution < -0.4 is 0 Å². The van der Waals surface area contributed by atoms with Gasteiger partial charge in [0.15, 0.2) is 0 Å². The van der Waals surface area contributed by atoms with Gasteiger partial charge in [0.25, 0.3) is 0 Å². The van der Waals surface area contributed by atoms with E-state index in [1.165, 1.54) is 0 Å². The molecule has 0 aliphatic heterocycles. The molecule has 1 atom stereocenters. The Morgan fingerprint density at radius 2 is 1.93 bits per heavy atom. The number of H-pyrrole nitrogens is 2. The van der Waals surface area contributed by atoms with Gasteiger partial charge >= 0.3 is 0 Å². The second-order valence-electron chi connectivity index (χ2n) is 3.92. The molecule has 0 fully saturated rings. The quantitative estimate of drug-likeness (QED) is 0.705. The minimum atomic E-state index is -0.450. The van der Waals surface area contributed by atoms with Gasteiger partial charge in [0.2, 0.25) is 0 Å². The Kier molecular flexibility index (Phi) is 2.64. The van der Waals surface area contributed by atoms with E-state index in [0.29, 0.717) is 6.42 Å². The van der Waals surface area contributed by atoms with Crippen molar-refractivity contribution in [3.8, 4) is 0 Å². The van der Waals surface area contributed by atoms with E-state index in [1.54, 1.807) is 0 Å². The summed E-state index contributed by atoms with van der Waals surface area (Å²) in [7, 11) is 0. The molecule has 2 aromatic rings. The van der Waals surface area contributed by atoms with Crippen LogP contribution in [0.4, 0.5) is 0 Å². The molecule has 3 heteroatoms. The maximum Gasteiger partial charge on any atom is 0.0981 e. The molecule has 0 saturated carbocycles. The molecule has 2 rings (SSSR count). The Morgan fingerprint density at radius 1 is 1.20 bits per heavy atom. The normalized spacial score (nSPS) is 13.0. The van der Waals surface area contributed by atoms with E-state index < -0.39 is 6.10 Å². The fraction of sp³-hybridized carbons (Fsp3) is 0.333. The van der Waals surface area contributed by atoms with Crippen LogP contribution in [-0.2, 0) is 6.42 Å². The Hall–Kier alpha value is -1.48. The van der Waals surface area contributed by atoms with Crippen molar-refractivity contribution in [3.05, 3.63) is 47.0 Å². The largest absolute Gasteiger partial charge is 0.387 e. The van der Waals surface area contributed by atoms with Gasteiger partial charge in [-0.1, -0.05) is 0 Å². The average molecular weight is 204 g/mol. The second kappa shape index (κ2) is 3.95. The van der Waals surface area contributed by atoms with Gasteiger partial charge in [0.05, 0.1) is 6.10 Å². The SMILES string of the molecule is Cc1cc[nH]c1C(O)Cc1cc[nH]c1C. The highest BCUT2D eigenvalue weighted by molar-refractivity contribution is 5.25. The molecule has 3 nitrogen and oxygen atoms in total. The van der Waals surface area contributed by atoms with Crippen LogP contribution in [0, 0.1) is 13.8 Å². The highest BCUT2D eigenvalue weighted by Gasteiger charge is 2.13. The van der Waals surface area contributed by atoms with Crippen molar-refractivity contribution in [2.75, 3.05) is 0 Å². The molecule has 0 aliphatic carbocycles. The molecule has 15 heavy (non-hydrogen) atoms. The molecule has 2 aromatic heterocycles. The van der Waals surface area contributed by atoms with Crippen LogP contribution in [0.3, 0.4) is 0 Å². The van der Waals surface area contributed by atoms with Crippen molar-refractivity contribution in [3.63, 3.8) is 0 Å². The van der Waals surface area contributed by atoms with Gasteiger partial charge < -0.3 is 15.1 Å². The molecule has 0 spiro atoms. The first-order chi connectivity index (χ1) is 7.18. The summed E-state index contributed by atoms with van der Waals surface area (Å²) in [6, 6.07) is 3.99. The maximum absolute atomic E-state index is 10.0. The van der Waals surface area contributed by atoms with Crippen molar-refractivity contribution in [2.45, 2.75) is 26.4 Å². The van der Waals surface area contributed by atoms with E-state index in [-0.39, 0.29) is 0 Å². The summed E-state index contributed by atoms with van der Waals surface area (Å²) >= 11 is 0. The van der Waals surface area contributed by atoms with Crippen LogP contribution in [0.5, 0.6) is 0 Å². The van der Waals surface area contributed by atoms with E-state index in [1.807, 2.05) is 38.4 Å². The Bertz CT molecular complexity index is 442. The number of aromatic amines is 2. The van der Waals surface area contributed by atoms with Crippen molar-refractivity contribution in [1.82, 2.24) is 9.97 Å². The lowest BCUT2D eigenvalue weighted by atomic mass is 10.0. The first-order valence-electron chi connectivity index (χ1n) is 5.13. The highest BCUT2D eigenvalue weighted by atomic mass is 16.3. The van der Waals surface area contributed by atoms with Gasteiger partial charge in [-0.15, -0.1) is 0 Å². The van der Waals surface area contributed by atoms with Crippen LogP contribution in [0.2, 0.25) is 0 Å². The number of nitrogens with one attached hydrogen (secondary N) is 2. The minimum absolute atomic E-state index is 0.450. The fourth-order valence-electron chi connectivity index (χ4n) is 1.84. The second-order valence-corrected chi connectivity index (χ2v) is 3.92. The van der Waals surface area contributed by atoms with Crippen LogP contribution in [-0.4, -0.2) is 15.1 Å². The summed E-state index contributed by atoms with van der Waals surface area (Å²) < 4.78 is 0. The van der Waals surface area contributed by atoms with Gasteiger partial charge in [-0.2, -0.15) is 0 Å². The summed E-state index contributed by atoms with van der Waals surface area (Å²) in [4.78, 5) is 6.19. The van der Waals surface area contributed by atoms with E-state index in [0.717, 1.165) is 22.5 Å². The van der Waals surface area contributed by atoms with Gasteiger partial charge in [0, 0.05) is 30.2 Å². The lowest BCUT2D eigenvalue weighted by molar-refractivity contribution is 0.173. The predicted octanol–water partition coefficient (Wildman–Crippen LogP) is 2.24. The van der Waals surface area contributed by atoms with E-state index in [2.05, 4.69) is 9.97 Å². The number of aryl methyl sites for hydroxylation is 2. The standard InChI is InChI=1S/C12H16N2O/c1-8-3-5-14-12(8)11(15)7-10-4-6-13-9(10)2/h3-6,11,13-15H,7H2,1-2H3. The van der Waals surface area contributed by atoms with Crippen molar-refractivity contribution >= 4 is 0 Å². The summed E-state index contributed by atoms with van der Waals surface area (Å²) in [5, 5.41) is 10.0. The minimum Gasteiger partial charge on any atom is -0.387 e. The van der Waals surface area contributed by atoms with Crippen LogP contribution in [0.1, 0.15) is 28.6 Å². The molecular weight excluding hydrogens is 188 g/mol. The molecule has 80 valence electrons. The number of hydrogen-bond acceptors (Lipinski definition) is 1. The molecule has 2 heterocycles. The van der Waals surface area contributed by atoms with E-state index in [4.69, 9.17) is 0 Å². The van der Waals surface area contributed by atoms with Gasteiger partial charge in [-0.05, 0) is 37.1 Å². The molecular formula is C12H16N2O. The van der Waals surface area contributed by atoms with Crippen molar-refractivity contribution < 1.29 is 5.11 Å². The third kappa shape index (κ3) is 1.97. The number of hydrogen-bond donors (Lipinski definition) is 3. The lowest BCUT2D eigenvalue weighted by Crippen LogP contribution is -2.04. The lowest BCUT2D eigenvalue weighted by Gasteiger charge is -2.10. The fourth-order valence-corrected chi connectivity index (χ4v) is 1.84. The smallest absolute Gasteiger partial charge is 0.0981 e. The van der Waals surface area contributed by atoms with E-state index in [9.17, 15) is 5.11 Å². The number of aliphatic hydroxyl groups is 1. The van der Waals surface area contributed by atoms with Crippen LogP contribution in [0.25, 0.3) is 0 Å². The third-order valence-corrected chi connectivity index (χ3v) is 2.81. The number of aromatic nitrogens is 2. The van der Waals surface area contributed by atoms with Gasteiger partial charge in [0.1, 0.15) is 0 Å². The zero-order valence-corrected chi connectivity index (χ0v) is 9.04. The zero-order chi connectivity index (χ0) is 10.8. The molecule has 1 unspecified atom stereocenters. The molecule has 0 amide bonds. The van der Waals surface area contributed by atoms with Crippen molar-refractivity contribution in [1.29, 1.82) is 0 Å². The molecule has 3 N–H and O–H groups in total. The first-order valence-corrected chi connectivity index (χ1v) is 5.13. The monoisotopic (exact) mass is 204 g/mol. The Morgan fingerprint density at radius 3 is 2.47 bits per heavy atom. The summed E-state index contributed by atoms with van der Waals surface area (Å²) in [5.74, 6) is 0. The topological polar surface area (TPSA) is 51.8 Å². The average Bonchev–Trinajstić information content (AvgIpc) is 2.76. The Labute approximate surface area is 89.2 Å². The summed E-state index contributed by atoms with van der Waals surface area (Å²) in [5.41, 5.74) is 4.31.